The van der Waals surface area contributed by atoms with Crippen molar-refractivity contribution in [3.8, 4) is 11.4 Å². The molecule has 0 aliphatic carbocycles. The molecule has 1 aliphatic heterocycles. The second-order valence-electron chi connectivity index (χ2n) is 6.28. The standard InChI is InChI=1S/C19H22N4O3/c1-4-16-20-18(21-26-16)14-6-8-15(9-7-14)19(25)22-10-11-23(13(3)12-22)17(24)5-2/h5-9,13H,2,4,10-12H2,1,3H3/t13-/m1/s1. The summed E-state index contributed by atoms with van der Waals surface area (Å²) in [5.74, 6) is 0.962. The summed E-state index contributed by atoms with van der Waals surface area (Å²) in [4.78, 5) is 32.3. The van der Waals surface area contributed by atoms with Crippen molar-refractivity contribution in [2.75, 3.05) is 19.6 Å². The number of aryl methyl sites for hydroxylation is 1. The molecule has 0 spiro atoms. The van der Waals surface area contributed by atoms with Crippen LogP contribution in [0.25, 0.3) is 11.4 Å². The molecule has 26 heavy (non-hydrogen) atoms. The molecule has 2 aromatic rings. The molecule has 0 radical (unpaired) electrons. The zero-order chi connectivity index (χ0) is 18.7. The molecule has 7 nitrogen and oxygen atoms in total. The maximum Gasteiger partial charge on any atom is 0.253 e. The number of carbonyl (C=O) groups is 2. The Hall–Kier alpha value is -2.96. The van der Waals surface area contributed by atoms with Crippen LogP contribution in [0.3, 0.4) is 0 Å². The van der Waals surface area contributed by atoms with E-state index in [1.807, 2.05) is 26.0 Å². The van der Waals surface area contributed by atoms with Crippen molar-refractivity contribution >= 4 is 11.8 Å². The number of amides is 2. The predicted octanol–water partition coefficient (Wildman–Crippen LogP) is 2.16. The molecule has 2 amide bonds. The Morgan fingerprint density at radius 1 is 1.31 bits per heavy atom. The Labute approximate surface area is 152 Å². The van der Waals surface area contributed by atoms with Crippen LogP contribution in [0.1, 0.15) is 30.1 Å². The molecule has 1 atom stereocenters. The first-order valence-corrected chi connectivity index (χ1v) is 8.68. The topological polar surface area (TPSA) is 79.5 Å². The second kappa shape index (κ2) is 7.51. The van der Waals surface area contributed by atoms with Crippen LogP contribution in [0, 0.1) is 0 Å². The summed E-state index contributed by atoms with van der Waals surface area (Å²) in [6.07, 6.45) is 2.00. The average molecular weight is 354 g/mol. The van der Waals surface area contributed by atoms with Gasteiger partial charge in [0.05, 0.1) is 0 Å². The Morgan fingerprint density at radius 3 is 2.62 bits per heavy atom. The largest absolute Gasteiger partial charge is 0.339 e. The van der Waals surface area contributed by atoms with Gasteiger partial charge in [0.1, 0.15) is 0 Å². The molecule has 1 saturated heterocycles. The van der Waals surface area contributed by atoms with Crippen molar-refractivity contribution in [1.82, 2.24) is 19.9 Å². The van der Waals surface area contributed by atoms with E-state index in [0.717, 1.165) is 5.56 Å². The minimum Gasteiger partial charge on any atom is -0.339 e. The Morgan fingerprint density at radius 2 is 2.04 bits per heavy atom. The van der Waals surface area contributed by atoms with E-state index in [9.17, 15) is 9.59 Å². The molecule has 0 N–H and O–H groups in total. The molecule has 136 valence electrons. The molecule has 0 unspecified atom stereocenters. The van der Waals surface area contributed by atoms with E-state index in [1.165, 1.54) is 6.08 Å². The Bertz CT molecular complexity index is 812. The molecule has 0 bridgehead atoms. The summed E-state index contributed by atoms with van der Waals surface area (Å²) in [6, 6.07) is 7.14. The van der Waals surface area contributed by atoms with Gasteiger partial charge in [-0.1, -0.05) is 30.8 Å². The maximum absolute atomic E-state index is 12.7. The van der Waals surface area contributed by atoms with E-state index in [4.69, 9.17) is 4.52 Å². The molecule has 2 heterocycles. The molecule has 1 aromatic carbocycles. The Balaban J connectivity index is 1.68. The van der Waals surface area contributed by atoms with Crippen molar-refractivity contribution in [1.29, 1.82) is 0 Å². The van der Waals surface area contributed by atoms with Gasteiger partial charge in [-0.3, -0.25) is 9.59 Å². The highest BCUT2D eigenvalue weighted by molar-refractivity contribution is 5.95. The summed E-state index contributed by atoms with van der Waals surface area (Å²) in [5.41, 5.74) is 1.41. The number of piperazine rings is 1. The molecular formula is C19H22N4O3. The Kier molecular flexibility index (Phi) is 5.16. The summed E-state index contributed by atoms with van der Waals surface area (Å²) < 4.78 is 5.12. The highest BCUT2D eigenvalue weighted by Gasteiger charge is 2.29. The van der Waals surface area contributed by atoms with Crippen molar-refractivity contribution in [3.05, 3.63) is 48.4 Å². The van der Waals surface area contributed by atoms with Crippen LogP contribution in [-0.2, 0) is 11.2 Å². The van der Waals surface area contributed by atoms with Gasteiger partial charge in [0.2, 0.25) is 17.6 Å². The van der Waals surface area contributed by atoms with E-state index >= 15 is 0 Å². The van der Waals surface area contributed by atoms with Crippen molar-refractivity contribution in [2.24, 2.45) is 0 Å². The number of hydrogen-bond donors (Lipinski definition) is 0. The van der Waals surface area contributed by atoms with Crippen LogP contribution >= 0.6 is 0 Å². The van der Waals surface area contributed by atoms with Crippen molar-refractivity contribution in [3.63, 3.8) is 0 Å². The van der Waals surface area contributed by atoms with Gasteiger partial charge in [-0.15, -0.1) is 0 Å². The van der Waals surface area contributed by atoms with Crippen LogP contribution in [0.4, 0.5) is 0 Å². The molecule has 0 saturated carbocycles. The van der Waals surface area contributed by atoms with Crippen LogP contribution in [0.15, 0.2) is 41.4 Å². The van der Waals surface area contributed by atoms with Crippen molar-refractivity contribution < 1.29 is 14.1 Å². The lowest BCUT2D eigenvalue weighted by atomic mass is 10.1. The molecular weight excluding hydrogens is 332 g/mol. The SMILES string of the molecule is C=CC(=O)N1CCN(C(=O)c2ccc(-c3noc(CC)n3)cc2)C[C@H]1C. The number of rotatable bonds is 4. The quantitative estimate of drug-likeness (QED) is 0.786. The van der Waals surface area contributed by atoms with Crippen LogP contribution in [0.2, 0.25) is 0 Å². The van der Waals surface area contributed by atoms with Crippen LogP contribution in [-0.4, -0.2) is 57.4 Å². The monoisotopic (exact) mass is 354 g/mol. The molecule has 1 aromatic heterocycles. The first kappa shape index (κ1) is 17.8. The third kappa shape index (κ3) is 3.51. The number of aromatic nitrogens is 2. The summed E-state index contributed by atoms with van der Waals surface area (Å²) in [5, 5.41) is 3.94. The first-order chi connectivity index (χ1) is 12.5. The lowest BCUT2D eigenvalue weighted by molar-refractivity contribution is -0.129. The third-order valence-electron chi connectivity index (χ3n) is 4.53. The van der Waals surface area contributed by atoms with Gasteiger partial charge < -0.3 is 14.3 Å². The first-order valence-electron chi connectivity index (χ1n) is 8.68. The van der Waals surface area contributed by atoms with Crippen LogP contribution in [0.5, 0.6) is 0 Å². The van der Waals surface area contributed by atoms with Gasteiger partial charge in [0.15, 0.2) is 0 Å². The van der Waals surface area contributed by atoms with Crippen LogP contribution < -0.4 is 0 Å². The van der Waals surface area contributed by atoms with E-state index in [0.29, 0.717) is 43.3 Å². The average Bonchev–Trinajstić information content (AvgIpc) is 3.16. The minimum atomic E-state index is -0.0967. The summed E-state index contributed by atoms with van der Waals surface area (Å²) >= 11 is 0. The molecule has 7 heteroatoms. The zero-order valence-corrected chi connectivity index (χ0v) is 15.0. The van der Waals surface area contributed by atoms with Gasteiger partial charge >= 0.3 is 0 Å². The van der Waals surface area contributed by atoms with Gasteiger partial charge in [0.25, 0.3) is 5.91 Å². The van der Waals surface area contributed by atoms with Gasteiger partial charge in [-0.2, -0.15) is 4.98 Å². The minimum absolute atomic E-state index is 0.0377. The zero-order valence-electron chi connectivity index (χ0n) is 15.0. The molecule has 1 fully saturated rings. The lowest BCUT2D eigenvalue weighted by Gasteiger charge is -2.39. The highest BCUT2D eigenvalue weighted by Crippen LogP contribution is 2.19. The second-order valence-corrected chi connectivity index (χ2v) is 6.28. The van der Waals surface area contributed by atoms with E-state index in [-0.39, 0.29) is 17.9 Å². The fourth-order valence-electron chi connectivity index (χ4n) is 3.05. The maximum atomic E-state index is 12.7. The van der Waals surface area contributed by atoms with E-state index in [1.54, 1.807) is 21.9 Å². The fourth-order valence-corrected chi connectivity index (χ4v) is 3.05. The fraction of sp³-hybridized carbons (Fsp3) is 0.368. The number of benzene rings is 1. The summed E-state index contributed by atoms with van der Waals surface area (Å²) in [7, 11) is 0. The van der Waals surface area contributed by atoms with E-state index in [2.05, 4.69) is 16.7 Å². The number of nitrogens with zero attached hydrogens (tertiary/aromatic N) is 4. The lowest BCUT2D eigenvalue weighted by Crippen LogP contribution is -2.55. The van der Waals surface area contributed by atoms with Gasteiger partial charge in [0, 0.05) is 43.2 Å². The third-order valence-corrected chi connectivity index (χ3v) is 4.53. The van der Waals surface area contributed by atoms with E-state index < -0.39 is 0 Å². The number of hydrogen-bond acceptors (Lipinski definition) is 5. The normalized spacial score (nSPS) is 17.2. The predicted molar refractivity (Wildman–Crippen MR) is 96.4 cm³/mol. The summed E-state index contributed by atoms with van der Waals surface area (Å²) in [6.45, 7) is 8.93. The molecule has 3 rings (SSSR count). The van der Waals surface area contributed by atoms with Gasteiger partial charge in [-0.05, 0) is 25.1 Å². The number of carbonyl (C=O) groups excluding carboxylic acids is 2. The smallest absolute Gasteiger partial charge is 0.253 e. The highest BCUT2D eigenvalue weighted by atomic mass is 16.5. The van der Waals surface area contributed by atoms with Crippen molar-refractivity contribution in [2.45, 2.75) is 26.3 Å². The van der Waals surface area contributed by atoms with Gasteiger partial charge in [-0.25, -0.2) is 0 Å². The molecule has 1 aliphatic rings.